The van der Waals surface area contributed by atoms with E-state index in [-0.39, 0.29) is 29.4 Å². The van der Waals surface area contributed by atoms with E-state index in [1.807, 2.05) is 6.07 Å². The Morgan fingerprint density at radius 3 is 2.34 bits per heavy atom. The van der Waals surface area contributed by atoms with Gasteiger partial charge >= 0.3 is 0 Å². The highest BCUT2D eigenvalue weighted by Gasteiger charge is 2.42. The number of benzene rings is 2. The maximum absolute atomic E-state index is 14.0. The standard InChI is InChI=1S/C22H25F3N4/c1-26-22(28-20-13-17(20)21-18(24)6-3-7-19(21)25)27-15-8-10-29(11-9-15)16-5-2-4-14(23)12-16/h2-7,12,15,17,20H,8-11,13H2,1H3,(H2,26,27,28). The molecule has 1 aliphatic heterocycles. The summed E-state index contributed by atoms with van der Waals surface area (Å²) in [6.07, 6.45) is 2.47. The predicted octanol–water partition coefficient (Wildman–Crippen LogP) is 3.79. The van der Waals surface area contributed by atoms with Gasteiger partial charge in [-0.3, -0.25) is 4.99 Å². The molecule has 4 nitrogen and oxygen atoms in total. The Labute approximate surface area is 168 Å². The first-order valence-corrected chi connectivity index (χ1v) is 9.99. The van der Waals surface area contributed by atoms with E-state index in [4.69, 9.17) is 0 Å². The Morgan fingerprint density at radius 1 is 1.00 bits per heavy atom. The first-order valence-electron chi connectivity index (χ1n) is 9.99. The molecule has 29 heavy (non-hydrogen) atoms. The molecule has 2 aliphatic rings. The lowest BCUT2D eigenvalue weighted by Gasteiger charge is -2.34. The number of guanidine groups is 1. The van der Waals surface area contributed by atoms with Gasteiger partial charge in [0.25, 0.3) is 0 Å². The SMILES string of the molecule is CN=C(NC1CCN(c2cccc(F)c2)CC1)NC1CC1c1c(F)cccc1F. The van der Waals surface area contributed by atoms with E-state index in [1.165, 1.54) is 24.3 Å². The van der Waals surface area contributed by atoms with Crippen molar-refractivity contribution in [2.75, 3.05) is 25.0 Å². The molecule has 0 radical (unpaired) electrons. The van der Waals surface area contributed by atoms with Gasteiger partial charge in [0.2, 0.25) is 0 Å². The normalized spacial score (nSPS) is 22.5. The number of halogens is 3. The second kappa shape index (κ2) is 8.35. The predicted molar refractivity (Wildman–Crippen MR) is 109 cm³/mol. The van der Waals surface area contributed by atoms with Crippen LogP contribution in [-0.2, 0) is 0 Å². The fourth-order valence-electron chi connectivity index (χ4n) is 4.03. The van der Waals surface area contributed by atoms with Crippen LogP contribution in [0.15, 0.2) is 47.5 Å². The Morgan fingerprint density at radius 2 is 1.69 bits per heavy atom. The molecule has 2 N–H and O–H groups in total. The molecule has 0 amide bonds. The molecule has 0 aromatic heterocycles. The zero-order chi connectivity index (χ0) is 20.4. The highest BCUT2D eigenvalue weighted by Crippen LogP contribution is 2.43. The fourth-order valence-corrected chi connectivity index (χ4v) is 4.03. The lowest BCUT2D eigenvalue weighted by atomic mass is 10.0. The van der Waals surface area contributed by atoms with Crippen molar-refractivity contribution in [3.63, 3.8) is 0 Å². The molecule has 1 aliphatic carbocycles. The van der Waals surface area contributed by atoms with Crippen LogP contribution in [0.4, 0.5) is 18.9 Å². The molecule has 7 heteroatoms. The Hall–Kier alpha value is -2.70. The van der Waals surface area contributed by atoms with Crippen LogP contribution in [0.5, 0.6) is 0 Å². The summed E-state index contributed by atoms with van der Waals surface area (Å²) >= 11 is 0. The Balaban J connectivity index is 1.29. The third-order valence-electron chi connectivity index (χ3n) is 5.72. The highest BCUT2D eigenvalue weighted by atomic mass is 19.1. The van der Waals surface area contributed by atoms with E-state index >= 15 is 0 Å². The summed E-state index contributed by atoms with van der Waals surface area (Å²) in [5, 5.41) is 6.70. The van der Waals surface area contributed by atoms with Crippen molar-refractivity contribution in [1.82, 2.24) is 10.6 Å². The molecule has 2 atom stereocenters. The number of anilines is 1. The molecule has 2 aromatic rings. The van der Waals surface area contributed by atoms with E-state index in [9.17, 15) is 13.2 Å². The van der Waals surface area contributed by atoms with E-state index in [2.05, 4.69) is 20.5 Å². The van der Waals surface area contributed by atoms with Gasteiger partial charge in [0.05, 0.1) is 0 Å². The van der Waals surface area contributed by atoms with Gasteiger partial charge in [-0.2, -0.15) is 0 Å². The van der Waals surface area contributed by atoms with Gasteiger partial charge in [-0.25, -0.2) is 13.2 Å². The Bertz CT molecular complexity index is 873. The van der Waals surface area contributed by atoms with Crippen molar-refractivity contribution in [2.24, 2.45) is 4.99 Å². The van der Waals surface area contributed by atoms with E-state index in [1.54, 1.807) is 19.2 Å². The smallest absolute Gasteiger partial charge is 0.191 e. The summed E-state index contributed by atoms with van der Waals surface area (Å²) in [5.41, 5.74) is 1.06. The average Bonchev–Trinajstić information content (AvgIpc) is 3.46. The van der Waals surface area contributed by atoms with Crippen molar-refractivity contribution >= 4 is 11.6 Å². The summed E-state index contributed by atoms with van der Waals surface area (Å²) in [7, 11) is 1.69. The van der Waals surface area contributed by atoms with E-state index in [0.717, 1.165) is 31.6 Å². The number of nitrogens with zero attached hydrogens (tertiary/aromatic N) is 2. The molecule has 1 saturated heterocycles. The first kappa shape index (κ1) is 19.6. The van der Waals surface area contributed by atoms with Crippen LogP contribution in [0.3, 0.4) is 0 Å². The van der Waals surface area contributed by atoms with Crippen LogP contribution >= 0.6 is 0 Å². The van der Waals surface area contributed by atoms with Crippen LogP contribution in [0.1, 0.15) is 30.7 Å². The van der Waals surface area contributed by atoms with Crippen molar-refractivity contribution in [3.05, 3.63) is 65.5 Å². The lowest BCUT2D eigenvalue weighted by Crippen LogP contribution is -2.49. The van der Waals surface area contributed by atoms with Crippen LogP contribution < -0.4 is 15.5 Å². The molecular formula is C22H25F3N4. The molecule has 0 spiro atoms. The van der Waals surface area contributed by atoms with Gasteiger partial charge in [-0.05, 0) is 49.6 Å². The van der Waals surface area contributed by atoms with Crippen LogP contribution in [-0.4, -0.2) is 38.2 Å². The number of hydrogen-bond acceptors (Lipinski definition) is 2. The quantitative estimate of drug-likeness (QED) is 0.604. The molecule has 154 valence electrons. The Kier molecular flexibility index (Phi) is 5.65. The number of aliphatic imine (C=N–C) groups is 1. The maximum Gasteiger partial charge on any atom is 0.191 e. The molecule has 4 rings (SSSR count). The molecule has 0 bridgehead atoms. The lowest BCUT2D eigenvalue weighted by molar-refractivity contribution is 0.460. The molecule has 2 aromatic carbocycles. The van der Waals surface area contributed by atoms with E-state index < -0.39 is 11.6 Å². The summed E-state index contributed by atoms with van der Waals surface area (Å²) in [6.45, 7) is 1.65. The van der Waals surface area contributed by atoms with Crippen LogP contribution in [0.25, 0.3) is 0 Å². The molecule has 2 unspecified atom stereocenters. The summed E-state index contributed by atoms with van der Waals surface area (Å²) in [6, 6.07) is 10.9. The fraction of sp³-hybridized carbons (Fsp3) is 0.409. The number of rotatable bonds is 4. The molecule has 2 fully saturated rings. The second-order valence-electron chi connectivity index (χ2n) is 7.69. The average molecular weight is 402 g/mol. The number of nitrogens with one attached hydrogen (secondary N) is 2. The van der Waals surface area contributed by atoms with Crippen LogP contribution in [0.2, 0.25) is 0 Å². The molecule has 1 saturated carbocycles. The number of hydrogen-bond donors (Lipinski definition) is 2. The number of piperidine rings is 1. The summed E-state index contributed by atoms with van der Waals surface area (Å²) in [4.78, 5) is 6.44. The van der Waals surface area contributed by atoms with E-state index in [0.29, 0.717) is 12.4 Å². The zero-order valence-corrected chi connectivity index (χ0v) is 16.3. The topological polar surface area (TPSA) is 39.7 Å². The monoisotopic (exact) mass is 402 g/mol. The maximum atomic E-state index is 14.0. The second-order valence-corrected chi connectivity index (χ2v) is 7.69. The minimum absolute atomic E-state index is 0.0278. The highest BCUT2D eigenvalue weighted by molar-refractivity contribution is 5.81. The van der Waals surface area contributed by atoms with Crippen molar-refractivity contribution in [3.8, 4) is 0 Å². The van der Waals surface area contributed by atoms with Crippen molar-refractivity contribution in [1.29, 1.82) is 0 Å². The largest absolute Gasteiger partial charge is 0.371 e. The minimum atomic E-state index is -0.494. The third-order valence-corrected chi connectivity index (χ3v) is 5.72. The summed E-state index contributed by atoms with van der Waals surface area (Å²) < 4.78 is 41.4. The van der Waals surface area contributed by atoms with Gasteiger partial charge in [0.15, 0.2) is 5.96 Å². The third kappa shape index (κ3) is 4.49. The molecule has 1 heterocycles. The van der Waals surface area contributed by atoms with Crippen molar-refractivity contribution < 1.29 is 13.2 Å². The van der Waals surface area contributed by atoms with Gasteiger partial charge in [-0.1, -0.05) is 12.1 Å². The first-order chi connectivity index (χ1) is 14.0. The van der Waals surface area contributed by atoms with Gasteiger partial charge < -0.3 is 15.5 Å². The van der Waals surface area contributed by atoms with Gasteiger partial charge in [0, 0.05) is 49.4 Å². The van der Waals surface area contributed by atoms with Gasteiger partial charge in [0.1, 0.15) is 17.5 Å². The van der Waals surface area contributed by atoms with Gasteiger partial charge in [-0.15, -0.1) is 0 Å². The summed E-state index contributed by atoms with van der Waals surface area (Å²) in [5.74, 6) is -0.736. The zero-order valence-electron chi connectivity index (χ0n) is 16.3. The van der Waals surface area contributed by atoms with Crippen LogP contribution in [0, 0.1) is 17.5 Å². The molecular weight excluding hydrogens is 377 g/mol. The van der Waals surface area contributed by atoms with Crippen molar-refractivity contribution in [2.45, 2.75) is 37.3 Å². The minimum Gasteiger partial charge on any atom is -0.371 e.